The molecule has 0 aliphatic carbocycles. The summed E-state index contributed by atoms with van der Waals surface area (Å²) in [6, 6.07) is -0.437. The number of hydrazine groups is 1. The molecule has 0 spiro atoms. The summed E-state index contributed by atoms with van der Waals surface area (Å²) >= 11 is 0. The molecular weight excluding hydrogens is 332 g/mol. The van der Waals surface area contributed by atoms with E-state index in [2.05, 4.69) is 18.9 Å². The highest BCUT2D eigenvalue weighted by atomic mass is 16.6. The van der Waals surface area contributed by atoms with Gasteiger partial charge in [-0.15, -0.1) is 6.58 Å². The number of hydrogen-bond acceptors (Lipinski definition) is 4. The Hall–Kier alpha value is -1.98. The Kier molecular flexibility index (Phi) is 12.2. The molecule has 0 bridgehead atoms. The summed E-state index contributed by atoms with van der Waals surface area (Å²) in [4.78, 5) is 24.5. The zero-order chi connectivity index (χ0) is 20.1. The van der Waals surface area contributed by atoms with Gasteiger partial charge in [-0.3, -0.25) is 0 Å². The topological polar surface area (TPSA) is 67.9 Å². The quantitative estimate of drug-likeness (QED) is 0.434. The largest absolute Gasteiger partial charge is 0.446 e. The highest BCUT2D eigenvalue weighted by Crippen LogP contribution is 2.17. The molecule has 6 nitrogen and oxygen atoms in total. The first-order chi connectivity index (χ1) is 12.2. The Morgan fingerprint density at radius 2 is 1.77 bits per heavy atom. The number of ether oxygens (including phenoxy) is 2. The third-order valence-electron chi connectivity index (χ3n) is 3.58. The Balaban J connectivity index is 5.16. The Morgan fingerprint density at radius 1 is 1.15 bits per heavy atom. The summed E-state index contributed by atoms with van der Waals surface area (Å²) < 4.78 is 10.4. The third-order valence-corrected chi connectivity index (χ3v) is 3.58. The lowest BCUT2D eigenvalue weighted by Crippen LogP contribution is -2.52. The van der Waals surface area contributed by atoms with E-state index in [-0.39, 0.29) is 12.2 Å². The minimum Gasteiger partial charge on any atom is -0.446 e. The minimum atomic E-state index is -0.693. The molecule has 2 atom stereocenters. The summed E-state index contributed by atoms with van der Waals surface area (Å²) in [7, 11) is 0. The fourth-order valence-electron chi connectivity index (χ4n) is 2.28. The highest BCUT2D eigenvalue weighted by molar-refractivity contribution is 5.74. The van der Waals surface area contributed by atoms with Crippen LogP contribution in [0.4, 0.5) is 9.59 Å². The van der Waals surface area contributed by atoms with Crippen molar-refractivity contribution in [2.24, 2.45) is 5.92 Å². The van der Waals surface area contributed by atoms with Gasteiger partial charge in [0.15, 0.2) is 0 Å². The predicted octanol–water partition coefficient (Wildman–Crippen LogP) is 5.02. The van der Waals surface area contributed by atoms with Crippen molar-refractivity contribution >= 4 is 12.2 Å². The van der Waals surface area contributed by atoms with Crippen molar-refractivity contribution in [2.45, 2.75) is 79.1 Å². The van der Waals surface area contributed by atoms with Crippen LogP contribution in [0, 0.1) is 12.3 Å². The molecule has 1 unspecified atom stereocenters. The number of nitrogens with one attached hydrogen (secondary N) is 1. The Bertz CT molecular complexity index is 461. The van der Waals surface area contributed by atoms with Gasteiger partial charge >= 0.3 is 12.2 Å². The molecule has 0 aromatic carbocycles. The lowest BCUT2D eigenvalue weighted by molar-refractivity contribution is 0.0414. The van der Waals surface area contributed by atoms with Crippen molar-refractivity contribution in [3.63, 3.8) is 0 Å². The summed E-state index contributed by atoms with van der Waals surface area (Å²) in [5.41, 5.74) is 2.50. The molecule has 2 amide bonds. The molecule has 0 rings (SSSR count). The molecule has 0 saturated carbocycles. The van der Waals surface area contributed by atoms with Crippen molar-refractivity contribution in [3.05, 3.63) is 31.2 Å². The molecule has 0 aliphatic rings. The first-order valence-electron chi connectivity index (χ1n) is 9.30. The number of allylic oxidation sites excluding steroid dienone is 2. The van der Waals surface area contributed by atoms with Gasteiger partial charge in [0.1, 0.15) is 0 Å². The summed E-state index contributed by atoms with van der Waals surface area (Å²) in [5.74, 6) is 0.424. The average molecular weight is 368 g/mol. The number of nitrogens with zero attached hydrogens (tertiary/aromatic N) is 1. The smallest absolute Gasteiger partial charge is 0.429 e. The van der Waals surface area contributed by atoms with Gasteiger partial charge in [-0.05, 0) is 66.2 Å². The standard InChI is InChI=1S/C20H35N2O4/c1-8-12-18(14-11-13-17(9-2)10-3)22(20(24)26-16(6)7)21-19(23)25-15(4)5/h8-9,12,14-18H,2,10-11,13H2,1,3-7H3,(H,21,23)/b12-8+/t17-,18?/m1/s1. The molecule has 1 radical (unpaired) electrons. The molecule has 0 saturated heterocycles. The third kappa shape index (κ3) is 10.1. The van der Waals surface area contributed by atoms with Crippen LogP contribution in [0.15, 0.2) is 24.8 Å². The van der Waals surface area contributed by atoms with E-state index in [0.717, 1.165) is 19.3 Å². The van der Waals surface area contributed by atoms with Gasteiger partial charge in [0, 0.05) is 0 Å². The molecular formula is C20H35N2O4. The van der Waals surface area contributed by atoms with Gasteiger partial charge in [-0.25, -0.2) is 20.0 Å². The number of amides is 2. The van der Waals surface area contributed by atoms with E-state index in [1.54, 1.807) is 27.7 Å². The second-order valence-corrected chi connectivity index (χ2v) is 6.60. The van der Waals surface area contributed by atoms with E-state index in [1.165, 1.54) is 5.01 Å². The van der Waals surface area contributed by atoms with Crippen LogP contribution in [-0.4, -0.2) is 35.4 Å². The van der Waals surface area contributed by atoms with E-state index in [1.807, 2.05) is 31.6 Å². The fourth-order valence-corrected chi connectivity index (χ4v) is 2.28. The first-order valence-corrected chi connectivity index (χ1v) is 9.30. The van der Waals surface area contributed by atoms with Gasteiger partial charge in [-0.2, -0.15) is 0 Å². The van der Waals surface area contributed by atoms with Gasteiger partial charge in [-0.1, -0.05) is 25.2 Å². The number of carbonyl (C=O) groups is 2. The summed E-state index contributed by atoms with van der Waals surface area (Å²) in [6.45, 7) is 14.8. The number of carbonyl (C=O) groups excluding carboxylic acids is 2. The zero-order valence-electron chi connectivity index (χ0n) is 17.0. The lowest BCUT2D eigenvalue weighted by atomic mass is 9.97. The van der Waals surface area contributed by atoms with Crippen molar-refractivity contribution in [3.8, 4) is 0 Å². The Morgan fingerprint density at radius 3 is 2.23 bits per heavy atom. The number of hydrogen-bond donors (Lipinski definition) is 1. The van der Waals surface area contributed by atoms with E-state index in [9.17, 15) is 9.59 Å². The predicted molar refractivity (Wildman–Crippen MR) is 104 cm³/mol. The molecule has 0 fully saturated rings. The van der Waals surface area contributed by atoms with Crippen LogP contribution in [0.2, 0.25) is 0 Å². The van der Waals surface area contributed by atoms with Crippen LogP contribution in [0.3, 0.4) is 0 Å². The lowest BCUT2D eigenvalue weighted by Gasteiger charge is -2.30. The van der Waals surface area contributed by atoms with E-state index < -0.39 is 18.2 Å². The van der Waals surface area contributed by atoms with Crippen LogP contribution in [0.25, 0.3) is 0 Å². The Labute approximate surface area is 158 Å². The second kappa shape index (κ2) is 13.3. The van der Waals surface area contributed by atoms with Crippen molar-refractivity contribution in [1.82, 2.24) is 10.4 Å². The van der Waals surface area contributed by atoms with E-state index >= 15 is 0 Å². The van der Waals surface area contributed by atoms with Crippen LogP contribution in [-0.2, 0) is 9.47 Å². The van der Waals surface area contributed by atoms with Crippen molar-refractivity contribution in [1.29, 1.82) is 0 Å². The van der Waals surface area contributed by atoms with Crippen molar-refractivity contribution in [2.75, 3.05) is 0 Å². The molecule has 149 valence electrons. The van der Waals surface area contributed by atoms with Crippen LogP contribution >= 0.6 is 0 Å². The summed E-state index contributed by atoms with van der Waals surface area (Å²) in [5, 5.41) is 1.17. The maximum Gasteiger partial charge on any atom is 0.429 e. The second-order valence-electron chi connectivity index (χ2n) is 6.60. The molecule has 0 aliphatic heterocycles. The molecule has 26 heavy (non-hydrogen) atoms. The maximum atomic E-state index is 12.5. The molecule has 0 aromatic rings. The van der Waals surface area contributed by atoms with Gasteiger partial charge < -0.3 is 9.47 Å². The SMILES string of the molecule is C=C[C@H](CC)CC[CH]C(/C=C/C)N(NC(=O)OC(C)C)C(=O)OC(C)C. The van der Waals surface area contributed by atoms with Gasteiger partial charge in [0.2, 0.25) is 0 Å². The van der Waals surface area contributed by atoms with Crippen LogP contribution < -0.4 is 5.43 Å². The monoisotopic (exact) mass is 367 g/mol. The normalized spacial score (nSPS) is 13.5. The van der Waals surface area contributed by atoms with Crippen LogP contribution in [0.1, 0.15) is 60.8 Å². The van der Waals surface area contributed by atoms with Gasteiger partial charge in [0.05, 0.1) is 18.2 Å². The van der Waals surface area contributed by atoms with Crippen LogP contribution in [0.5, 0.6) is 0 Å². The molecule has 0 aromatic heterocycles. The zero-order valence-corrected chi connectivity index (χ0v) is 17.0. The fraction of sp³-hybridized carbons (Fsp3) is 0.650. The molecule has 6 heteroatoms. The molecule has 0 heterocycles. The van der Waals surface area contributed by atoms with Gasteiger partial charge in [0.25, 0.3) is 0 Å². The first kappa shape index (κ1) is 24.0. The average Bonchev–Trinajstić information content (AvgIpc) is 2.54. The number of rotatable bonds is 10. The summed E-state index contributed by atoms with van der Waals surface area (Å²) in [6.07, 6.45) is 8.38. The highest BCUT2D eigenvalue weighted by Gasteiger charge is 2.27. The van der Waals surface area contributed by atoms with E-state index in [4.69, 9.17) is 9.47 Å². The van der Waals surface area contributed by atoms with E-state index in [0.29, 0.717) is 5.92 Å². The van der Waals surface area contributed by atoms with Crippen molar-refractivity contribution < 1.29 is 19.1 Å². The minimum absolute atomic E-state index is 0.292. The molecule has 1 N–H and O–H groups in total. The maximum absolute atomic E-state index is 12.5.